The number of nitrogens with two attached hydrogens (primary N) is 1. The van der Waals surface area contributed by atoms with Gasteiger partial charge in [0.2, 0.25) is 0 Å². The van der Waals surface area contributed by atoms with Gasteiger partial charge in [-0.05, 0) is 42.3 Å². The first-order valence-corrected chi connectivity index (χ1v) is 7.00. The molecule has 2 aromatic rings. The van der Waals surface area contributed by atoms with Crippen molar-refractivity contribution in [3.05, 3.63) is 64.4 Å². The molecule has 0 aliphatic heterocycles. The number of amides is 1. The molecule has 0 aliphatic carbocycles. The first-order valence-electron chi connectivity index (χ1n) is 6.62. The zero-order valence-corrected chi connectivity index (χ0v) is 12.3. The quantitative estimate of drug-likeness (QED) is 0.872. The van der Waals surface area contributed by atoms with Crippen molar-refractivity contribution in [2.45, 2.75) is 19.4 Å². The second-order valence-corrected chi connectivity index (χ2v) is 5.16. The highest BCUT2D eigenvalue weighted by molar-refractivity contribution is 6.30. The maximum absolute atomic E-state index is 13.5. The Bertz CT molecular complexity index is 660. The first-order chi connectivity index (χ1) is 10.0. The van der Waals surface area contributed by atoms with Gasteiger partial charge in [0.15, 0.2) is 0 Å². The lowest BCUT2D eigenvalue weighted by molar-refractivity contribution is 0.0996. The minimum absolute atomic E-state index is 0.00916. The van der Waals surface area contributed by atoms with Crippen molar-refractivity contribution in [2.24, 2.45) is 5.73 Å². The topological polar surface area (TPSA) is 55.1 Å². The summed E-state index contributed by atoms with van der Waals surface area (Å²) in [5, 5.41) is 3.92. The molecule has 21 heavy (non-hydrogen) atoms. The van der Waals surface area contributed by atoms with Gasteiger partial charge in [-0.2, -0.15) is 0 Å². The predicted molar refractivity (Wildman–Crippen MR) is 83.0 cm³/mol. The lowest BCUT2D eigenvalue weighted by Crippen LogP contribution is -2.15. The van der Waals surface area contributed by atoms with Gasteiger partial charge in [0.1, 0.15) is 5.82 Å². The molecule has 0 saturated carbocycles. The fraction of sp³-hybridized carbons (Fsp3) is 0.188. The normalized spacial score (nSPS) is 12.0. The summed E-state index contributed by atoms with van der Waals surface area (Å²) in [5.74, 6) is -1.41. The Morgan fingerprint density at radius 3 is 2.71 bits per heavy atom. The minimum atomic E-state index is -0.785. The van der Waals surface area contributed by atoms with E-state index in [1.807, 2.05) is 25.1 Å². The van der Waals surface area contributed by atoms with Crippen molar-refractivity contribution in [3.8, 4) is 0 Å². The third-order valence-electron chi connectivity index (χ3n) is 3.23. The number of hydrogen-bond acceptors (Lipinski definition) is 2. The van der Waals surface area contributed by atoms with Gasteiger partial charge in [-0.25, -0.2) is 4.39 Å². The number of nitrogens with one attached hydrogen (secondary N) is 1. The molecule has 0 bridgehead atoms. The zero-order valence-electron chi connectivity index (χ0n) is 11.6. The lowest BCUT2D eigenvalue weighted by Gasteiger charge is -2.19. The second-order valence-electron chi connectivity index (χ2n) is 4.72. The number of rotatable bonds is 5. The van der Waals surface area contributed by atoms with Gasteiger partial charge >= 0.3 is 0 Å². The van der Waals surface area contributed by atoms with Crippen LogP contribution in [0.2, 0.25) is 5.02 Å². The smallest absolute Gasteiger partial charge is 0.251 e. The molecule has 3 N–H and O–H groups in total. The summed E-state index contributed by atoms with van der Waals surface area (Å²) in [5.41, 5.74) is 6.69. The van der Waals surface area contributed by atoms with E-state index in [2.05, 4.69) is 5.32 Å². The van der Waals surface area contributed by atoms with Crippen LogP contribution in [0.5, 0.6) is 0 Å². The molecule has 1 unspecified atom stereocenters. The fourth-order valence-corrected chi connectivity index (χ4v) is 2.35. The van der Waals surface area contributed by atoms with Crippen LogP contribution >= 0.6 is 11.6 Å². The van der Waals surface area contributed by atoms with Crippen LogP contribution in [0.25, 0.3) is 0 Å². The van der Waals surface area contributed by atoms with Crippen molar-refractivity contribution in [3.63, 3.8) is 0 Å². The maximum atomic E-state index is 13.5. The highest BCUT2D eigenvalue weighted by Gasteiger charge is 2.13. The fourth-order valence-electron chi connectivity index (χ4n) is 2.15. The highest BCUT2D eigenvalue weighted by Crippen LogP contribution is 2.25. The van der Waals surface area contributed by atoms with Crippen LogP contribution in [-0.2, 0) is 0 Å². The molecule has 0 saturated heterocycles. The summed E-state index contributed by atoms with van der Waals surface area (Å²) >= 11 is 6.00. The summed E-state index contributed by atoms with van der Waals surface area (Å²) in [6.45, 7) is 2.02. The van der Waals surface area contributed by atoms with E-state index < -0.39 is 11.7 Å². The number of benzene rings is 2. The molecule has 1 atom stereocenters. The van der Waals surface area contributed by atoms with Crippen LogP contribution in [0, 0.1) is 5.82 Å². The SMILES string of the molecule is CCC(Nc1ccc(F)c(C(N)=O)c1)c1cccc(Cl)c1. The number of hydrogen-bond donors (Lipinski definition) is 2. The van der Waals surface area contributed by atoms with E-state index in [0.29, 0.717) is 10.7 Å². The molecule has 0 spiro atoms. The Morgan fingerprint density at radius 2 is 2.10 bits per heavy atom. The van der Waals surface area contributed by atoms with E-state index in [0.717, 1.165) is 12.0 Å². The average Bonchev–Trinajstić information content (AvgIpc) is 2.46. The summed E-state index contributed by atoms with van der Waals surface area (Å²) < 4.78 is 13.5. The van der Waals surface area contributed by atoms with Crippen molar-refractivity contribution < 1.29 is 9.18 Å². The lowest BCUT2D eigenvalue weighted by atomic mass is 10.0. The van der Waals surface area contributed by atoms with Crippen molar-refractivity contribution >= 4 is 23.2 Å². The molecule has 0 heterocycles. The maximum Gasteiger partial charge on any atom is 0.251 e. The molecule has 3 nitrogen and oxygen atoms in total. The summed E-state index contributed by atoms with van der Waals surface area (Å²) in [6.07, 6.45) is 0.809. The van der Waals surface area contributed by atoms with Crippen LogP contribution in [0.15, 0.2) is 42.5 Å². The van der Waals surface area contributed by atoms with E-state index in [-0.39, 0.29) is 11.6 Å². The summed E-state index contributed by atoms with van der Waals surface area (Å²) in [6, 6.07) is 11.8. The molecule has 0 aromatic heterocycles. The van der Waals surface area contributed by atoms with E-state index in [1.165, 1.54) is 12.1 Å². The Balaban J connectivity index is 2.27. The van der Waals surface area contributed by atoms with E-state index >= 15 is 0 Å². The highest BCUT2D eigenvalue weighted by atomic mass is 35.5. The molecule has 0 fully saturated rings. The largest absolute Gasteiger partial charge is 0.378 e. The first kappa shape index (κ1) is 15.3. The van der Waals surface area contributed by atoms with Crippen LogP contribution in [0.4, 0.5) is 10.1 Å². The van der Waals surface area contributed by atoms with Crippen LogP contribution in [0.1, 0.15) is 35.3 Å². The Labute approximate surface area is 127 Å². The second kappa shape index (κ2) is 6.59. The van der Waals surface area contributed by atoms with Crippen molar-refractivity contribution in [2.75, 3.05) is 5.32 Å². The molecule has 2 rings (SSSR count). The van der Waals surface area contributed by atoms with Gasteiger partial charge in [-0.3, -0.25) is 4.79 Å². The van der Waals surface area contributed by atoms with Crippen LogP contribution < -0.4 is 11.1 Å². The molecule has 2 aromatic carbocycles. The third kappa shape index (κ3) is 3.73. The molecular weight excluding hydrogens is 291 g/mol. The number of carbonyl (C=O) groups excluding carboxylic acids is 1. The number of halogens is 2. The molecule has 0 aliphatic rings. The van der Waals surface area contributed by atoms with Gasteiger partial charge in [0.05, 0.1) is 11.6 Å². The monoisotopic (exact) mass is 306 g/mol. The van der Waals surface area contributed by atoms with Gasteiger partial charge in [-0.15, -0.1) is 0 Å². The van der Waals surface area contributed by atoms with Crippen molar-refractivity contribution in [1.29, 1.82) is 0 Å². The standard InChI is InChI=1S/C16H16ClFN2O/c1-2-15(10-4-3-5-11(17)8-10)20-12-6-7-14(18)13(9-12)16(19)21/h3-9,15,20H,2H2,1H3,(H2,19,21). The predicted octanol–water partition coefficient (Wildman–Crippen LogP) is 4.14. The zero-order chi connectivity index (χ0) is 15.4. The van der Waals surface area contributed by atoms with Crippen LogP contribution in [0.3, 0.4) is 0 Å². The molecule has 110 valence electrons. The number of carbonyl (C=O) groups is 1. The Kier molecular flexibility index (Phi) is 4.81. The molecular formula is C16H16ClFN2O. The van der Waals surface area contributed by atoms with E-state index in [4.69, 9.17) is 17.3 Å². The summed E-state index contributed by atoms with van der Waals surface area (Å²) in [7, 11) is 0. The van der Waals surface area contributed by atoms with Gasteiger partial charge in [0.25, 0.3) is 5.91 Å². The third-order valence-corrected chi connectivity index (χ3v) is 3.47. The van der Waals surface area contributed by atoms with E-state index in [9.17, 15) is 9.18 Å². The molecule has 0 radical (unpaired) electrons. The van der Waals surface area contributed by atoms with Gasteiger partial charge in [0, 0.05) is 10.7 Å². The van der Waals surface area contributed by atoms with Crippen LogP contribution in [-0.4, -0.2) is 5.91 Å². The molecule has 1 amide bonds. The minimum Gasteiger partial charge on any atom is -0.378 e. The number of primary amides is 1. The van der Waals surface area contributed by atoms with Gasteiger partial charge < -0.3 is 11.1 Å². The van der Waals surface area contributed by atoms with E-state index in [1.54, 1.807) is 12.1 Å². The molecule has 5 heteroatoms. The Morgan fingerprint density at radius 1 is 1.33 bits per heavy atom. The van der Waals surface area contributed by atoms with Gasteiger partial charge in [-0.1, -0.05) is 30.7 Å². The average molecular weight is 307 g/mol. The number of anilines is 1. The Hall–Kier alpha value is -2.07. The summed E-state index contributed by atoms with van der Waals surface area (Å²) in [4.78, 5) is 11.2. The van der Waals surface area contributed by atoms with Crippen molar-refractivity contribution in [1.82, 2.24) is 0 Å².